The maximum Gasteiger partial charge on any atom is 0.335 e. The summed E-state index contributed by atoms with van der Waals surface area (Å²) in [5.74, 6) is -1.25. The lowest BCUT2D eigenvalue weighted by atomic mass is 10.1. The molecule has 0 aliphatic carbocycles. The average molecular weight is 270 g/mol. The lowest BCUT2D eigenvalue weighted by Gasteiger charge is -2.06. The second-order valence-electron chi connectivity index (χ2n) is 4.36. The van der Waals surface area contributed by atoms with E-state index in [2.05, 4.69) is 5.32 Å². The summed E-state index contributed by atoms with van der Waals surface area (Å²) in [6, 6.07) is 13.2. The molecule has 0 radical (unpaired) electrons. The molecule has 0 unspecified atom stereocenters. The predicted molar refractivity (Wildman–Crippen MR) is 76.6 cm³/mol. The number of nitrogens with two attached hydrogens (primary N) is 1. The van der Waals surface area contributed by atoms with E-state index < -0.39 is 5.97 Å². The minimum atomic E-state index is -1.03. The van der Waals surface area contributed by atoms with Gasteiger partial charge in [0.1, 0.15) is 0 Å². The number of amides is 1. The molecule has 0 saturated carbocycles. The second-order valence-corrected chi connectivity index (χ2v) is 4.36. The maximum absolute atomic E-state index is 11.9. The van der Waals surface area contributed by atoms with Crippen LogP contribution in [0.5, 0.6) is 0 Å². The third kappa shape index (κ3) is 3.58. The standard InChI is InChI=1S/C15H14N2O3/c16-12-5-1-3-10(7-12)8-14(18)17-13-6-2-4-11(9-13)15(19)20/h1-7,9H,8,16H2,(H,17,18)(H,19,20). The van der Waals surface area contributed by atoms with Gasteiger partial charge in [0.2, 0.25) is 5.91 Å². The molecule has 0 aromatic heterocycles. The summed E-state index contributed by atoms with van der Waals surface area (Å²) < 4.78 is 0. The SMILES string of the molecule is Nc1cccc(CC(=O)Nc2cccc(C(=O)O)c2)c1. The molecule has 0 saturated heterocycles. The van der Waals surface area contributed by atoms with Gasteiger partial charge in [-0.05, 0) is 35.9 Å². The molecule has 0 atom stereocenters. The Balaban J connectivity index is 2.04. The number of nitrogen functional groups attached to an aromatic ring is 1. The normalized spacial score (nSPS) is 10.0. The summed E-state index contributed by atoms with van der Waals surface area (Å²) >= 11 is 0. The molecule has 0 heterocycles. The first-order valence-electron chi connectivity index (χ1n) is 6.02. The number of anilines is 2. The Bertz CT molecular complexity index is 653. The van der Waals surface area contributed by atoms with Crippen molar-refractivity contribution in [1.29, 1.82) is 0 Å². The summed E-state index contributed by atoms with van der Waals surface area (Å²) in [6.07, 6.45) is 0.183. The number of hydrogen-bond donors (Lipinski definition) is 3. The number of hydrogen-bond acceptors (Lipinski definition) is 3. The molecular formula is C15H14N2O3. The Kier molecular flexibility index (Phi) is 4.00. The monoisotopic (exact) mass is 270 g/mol. The fourth-order valence-corrected chi connectivity index (χ4v) is 1.82. The van der Waals surface area contributed by atoms with E-state index in [9.17, 15) is 9.59 Å². The Morgan fingerprint density at radius 3 is 2.55 bits per heavy atom. The average Bonchev–Trinajstić information content (AvgIpc) is 2.38. The van der Waals surface area contributed by atoms with Gasteiger partial charge in [-0.15, -0.1) is 0 Å². The van der Waals surface area contributed by atoms with Crippen LogP contribution < -0.4 is 11.1 Å². The zero-order valence-corrected chi connectivity index (χ0v) is 10.7. The van der Waals surface area contributed by atoms with Crippen molar-refractivity contribution in [3.05, 3.63) is 59.7 Å². The minimum Gasteiger partial charge on any atom is -0.478 e. The first-order chi connectivity index (χ1) is 9.54. The van der Waals surface area contributed by atoms with Gasteiger partial charge in [-0.3, -0.25) is 4.79 Å². The van der Waals surface area contributed by atoms with Gasteiger partial charge >= 0.3 is 5.97 Å². The van der Waals surface area contributed by atoms with Crippen LogP contribution in [0.1, 0.15) is 15.9 Å². The van der Waals surface area contributed by atoms with E-state index in [0.29, 0.717) is 11.4 Å². The molecule has 0 spiro atoms. The quantitative estimate of drug-likeness (QED) is 0.742. The minimum absolute atomic E-state index is 0.131. The van der Waals surface area contributed by atoms with Crippen molar-refractivity contribution in [1.82, 2.24) is 0 Å². The third-order valence-electron chi connectivity index (χ3n) is 2.71. The van der Waals surface area contributed by atoms with Crippen molar-refractivity contribution in [3.63, 3.8) is 0 Å². The molecule has 1 amide bonds. The molecule has 5 nitrogen and oxygen atoms in total. The lowest BCUT2D eigenvalue weighted by Crippen LogP contribution is -2.14. The van der Waals surface area contributed by atoms with E-state index in [1.807, 2.05) is 6.07 Å². The largest absolute Gasteiger partial charge is 0.478 e. The zero-order chi connectivity index (χ0) is 14.5. The molecule has 0 fully saturated rings. The topological polar surface area (TPSA) is 92.4 Å². The van der Waals surface area contributed by atoms with Gasteiger partial charge in [0.15, 0.2) is 0 Å². The van der Waals surface area contributed by atoms with Crippen LogP contribution in [0.25, 0.3) is 0 Å². The van der Waals surface area contributed by atoms with Crippen LogP contribution in [0.2, 0.25) is 0 Å². The van der Waals surface area contributed by atoms with Crippen LogP contribution in [0.4, 0.5) is 11.4 Å². The molecule has 2 rings (SSSR count). The van der Waals surface area contributed by atoms with Gasteiger partial charge < -0.3 is 16.2 Å². The molecule has 0 aliphatic rings. The fraction of sp³-hybridized carbons (Fsp3) is 0.0667. The van der Waals surface area contributed by atoms with Gasteiger partial charge in [0.05, 0.1) is 12.0 Å². The van der Waals surface area contributed by atoms with Gasteiger partial charge in [-0.2, -0.15) is 0 Å². The molecule has 0 aliphatic heterocycles. The summed E-state index contributed by atoms with van der Waals surface area (Å²) in [5.41, 5.74) is 7.63. The van der Waals surface area contributed by atoms with Crippen molar-refractivity contribution in [2.24, 2.45) is 0 Å². The predicted octanol–water partition coefficient (Wildman–Crippen LogP) is 2.15. The van der Waals surface area contributed by atoms with E-state index in [1.54, 1.807) is 30.3 Å². The van der Waals surface area contributed by atoms with Crippen LogP contribution in [-0.2, 0) is 11.2 Å². The molecule has 2 aromatic carbocycles. The highest BCUT2D eigenvalue weighted by Crippen LogP contribution is 2.12. The van der Waals surface area contributed by atoms with E-state index in [4.69, 9.17) is 10.8 Å². The Labute approximate surface area is 116 Å². The Hall–Kier alpha value is -2.82. The molecule has 102 valence electrons. The van der Waals surface area contributed by atoms with Crippen LogP contribution in [0.15, 0.2) is 48.5 Å². The number of rotatable bonds is 4. The number of aromatic carboxylic acids is 1. The highest BCUT2D eigenvalue weighted by Gasteiger charge is 2.07. The van der Waals surface area contributed by atoms with E-state index >= 15 is 0 Å². The summed E-state index contributed by atoms with van der Waals surface area (Å²) in [5, 5.41) is 11.5. The maximum atomic E-state index is 11.9. The van der Waals surface area contributed by atoms with Crippen LogP contribution >= 0.6 is 0 Å². The summed E-state index contributed by atoms with van der Waals surface area (Å²) in [6.45, 7) is 0. The number of carbonyl (C=O) groups excluding carboxylic acids is 1. The Morgan fingerprint density at radius 1 is 1.10 bits per heavy atom. The molecule has 0 bridgehead atoms. The first-order valence-corrected chi connectivity index (χ1v) is 6.02. The highest BCUT2D eigenvalue weighted by molar-refractivity contribution is 5.94. The molecule has 4 N–H and O–H groups in total. The van der Waals surface area contributed by atoms with Crippen molar-refractivity contribution in [2.75, 3.05) is 11.1 Å². The van der Waals surface area contributed by atoms with Gasteiger partial charge in [-0.1, -0.05) is 18.2 Å². The Morgan fingerprint density at radius 2 is 1.85 bits per heavy atom. The van der Waals surface area contributed by atoms with Crippen molar-refractivity contribution < 1.29 is 14.7 Å². The van der Waals surface area contributed by atoms with Gasteiger partial charge in [-0.25, -0.2) is 4.79 Å². The smallest absolute Gasteiger partial charge is 0.335 e. The van der Waals surface area contributed by atoms with Crippen LogP contribution in [0.3, 0.4) is 0 Å². The third-order valence-corrected chi connectivity index (χ3v) is 2.71. The summed E-state index contributed by atoms with van der Waals surface area (Å²) in [7, 11) is 0. The molecular weight excluding hydrogens is 256 g/mol. The number of nitrogens with one attached hydrogen (secondary N) is 1. The molecule has 20 heavy (non-hydrogen) atoms. The number of carboxylic acids is 1. The van der Waals surface area contributed by atoms with E-state index in [1.165, 1.54) is 12.1 Å². The van der Waals surface area contributed by atoms with Gasteiger partial charge in [0, 0.05) is 11.4 Å². The summed E-state index contributed by atoms with van der Waals surface area (Å²) in [4.78, 5) is 22.7. The van der Waals surface area contributed by atoms with Crippen molar-refractivity contribution in [3.8, 4) is 0 Å². The molecule has 5 heteroatoms. The second kappa shape index (κ2) is 5.88. The number of carbonyl (C=O) groups is 2. The zero-order valence-electron chi connectivity index (χ0n) is 10.7. The number of benzene rings is 2. The van der Waals surface area contributed by atoms with Crippen molar-refractivity contribution >= 4 is 23.3 Å². The lowest BCUT2D eigenvalue weighted by molar-refractivity contribution is -0.115. The van der Waals surface area contributed by atoms with E-state index in [-0.39, 0.29) is 17.9 Å². The van der Waals surface area contributed by atoms with Crippen molar-refractivity contribution in [2.45, 2.75) is 6.42 Å². The highest BCUT2D eigenvalue weighted by atomic mass is 16.4. The fourth-order valence-electron chi connectivity index (χ4n) is 1.82. The first kappa shape index (κ1) is 13.6. The van der Waals surface area contributed by atoms with Gasteiger partial charge in [0.25, 0.3) is 0 Å². The van der Waals surface area contributed by atoms with Crippen LogP contribution in [-0.4, -0.2) is 17.0 Å². The number of carboxylic acid groups (broad SMARTS) is 1. The molecule has 2 aromatic rings. The van der Waals surface area contributed by atoms with Crippen LogP contribution in [0, 0.1) is 0 Å². The van der Waals surface area contributed by atoms with E-state index in [0.717, 1.165) is 5.56 Å².